The number of aliphatic hydroxyl groups excluding tert-OH is 2. The molecule has 3 amide bonds. The van der Waals surface area contributed by atoms with Crippen LogP contribution in [0.1, 0.15) is 12.8 Å². The second-order valence-corrected chi connectivity index (χ2v) is 4.38. The second-order valence-electron chi connectivity index (χ2n) is 4.38. The highest BCUT2D eigenvalue weighted by molar-refractivity contribution is 5.83. The summed E-state index contributed by atoms with van der Waals surface area (Å²) in [5.41, 5.74) is 4.91. The Morgan fingerprint density at radius 3 is 2.21 bits per heavy atom. The largest absolute Gasteiger partial charge is 0.480 e. The van der Waals surface area contributed by atoms with E-state index in [1.807, 2.05) is 0 Å². The van der Waals surface area contributed by atoms with Crippen LogP contribution in [0.15, 0.2) is 0 Å². The molecule has 1 heterocycles. The number of carbonyl (C=O) groups excluding carboxylic acids is 2. The zero-order chi connectivity index (χ0) is 14.6. The van der Waals surface area contributed by atoms with Gasteiger partial charge in [0.2, 0.25) is 5.91 Å². The Labute approximate surface area is 109 Å². The van der Waals surface area contributed by atoms with Crippen molar-refractivity contribution in [1.82, 2.24) is 10.2 Å². The predicted octanol–water partition coefficient (Wildman–Crippen LogP) is -2.55. The van der Waals surface area contributed by atoms with Crippen LogP contribution in [0.25, 0.3) is 0 Å². The first-order valence-corrected chi connectivity index (χ1v) is 5.74. The second kappa shape index (κ2) is 6.34. The van der Waals surface area contributed by atoms with E-state index < -0.39 is 36.2 Å². The molecule has 0 aromatic carbocycles. The van der Waals surface area contributed by atoms with Crippen molar-refractivity contribution in [3.63, 3.8) is 0 Å². The molecule has 1 fully saturated rings. The molecule has 19 heavy (non-hydrogen) atoms. The minimum Gasteiger partial charge on any atom is -0.480 e. The Morgan fingerprint density at radius 2 is 1.79 bits per heavy atom. The van der Waals surface area contributed by atoms with Gasteiger partial charge >= 0.3 is 12.0 Å². The molecule has 9 nitrogen and oxygen atoms in total. The molecule has 108 valence electrons. The van der Waals surface area contributed by atoms with Crippen molar-refractivity contribution < 1.29 is 29.7 Å². The molecule has 0 bridgehead atoms. The maximum atomic E-state index is 11.7. The van der Waals surface area contributed by atoms with Crippen LogP contribution in [-0.2, 0) is 9.59 Å². The third-order valence-corrected chi connectivity index (χ3v) is 2.82. The molecule has 2 unspecified atom stereocenters. The molecule has 0 radical (unpaired) electrons. The van der Waals surface area contributed by atoms with Crippen LogP contribution >= 0.6 is 0 Å². The van der Waals surface area contributed by atoms with Gasteiger partial charge in [-0.2, -0.15) is 0 Å². The predicted molar refractivity (Wildman–Crippen MR) is 62.0 cm³/mol. The van der Waals surface area contributed by atoms with Crippen LogP contribution in [0.2, 0.25) is 0 Å². The normalized spacial score (nSPS) is 24.0. The fourth-order valence-electron chi connectivity index (χ4n) is 1.72. The molecule has 1 rings (SSSR count). The van der Waals surface area contributed by atoms with Crippen LogP contribution in [0.4, 0.5) is 4.79 Å². The first kappa shape index (κ1) is 15.2. The molecular formula is C10H17N3O6. The van der Waals surface area contributed by atoms with E-state index >= 15 is 0 Å². The van der Waals surface area contributed by atoms with Gasteiger partial charge in [-0.3, -0.25) is 4.79 Å². The van der Waals surface area contributed by atoms with Crippen LogP contribution in [0.3, 0.4) is 0 Å². The number of aliphatic carboxylic acids is 1. The molecule has 1 saturated heterocycles. The van der Waals surface area contributed by atoms with Crippen LogP contribution < -0.4 is 11.1 Å². The Kier molecular flexibility index (Phi) is 5.07. The summed E-state index contributed by atoms with van der Waals surface area (Å²) in [7, 11) is 0. The van der Waals surface area contributed by atoms with Crippen molar-refractivity contribution in [2.75, 3.05) is 13.1 Å². The summed E-state index contributed by atoms with van der Waals surface area (Å²) in [4.78, 5) is 34.3. The van der Waals surface area contributed by atoms with Crippen LogP contribution in [0.5, 0.6) is 0 Å². The van der Waals surface area contributed by atoms with Crippen molar-refractivity contribution >= 4 is 17.9 Å². The molecule has 0 spiro atoms. The number of β-amino-alcohol motifs (C(OH)–C–C–N with tert-alkyl or cyclic N) is 2. The standard InChI is InChI=1S/C10H17N3O6/c11-8(16)2-1-5(9(17)18)12-10(19)13-3-6(14)7(15)4-13/h5-7,14-15H,1-4H2,(H2,11,16)(H,12,19)(H,17,18)/t5-,6?,7?/m1/s1. The number of aliphatic hydroxyl groups is 2. The number of amides is 3. The molecule has 0 aromatic rings. The van der Waals surface area contributed by atoms with E-state index in [-0.39, 0.29) is 25.9 Å². The highest BCUT2D eigenvalue weighted by Crippen LogP contribution is 2.10. The number of nitrogens with zero attached hydrogens (tertiary/aromatic N) is 1. The average molecular weight is 275 g/mol. The quantitative estimate of drug-likeness (QED) is 0.372. The summed E-state index contributed by atoms with van der Waals surface area (Å²) >= 11 is 0. The van der Waals surface area contributed by atoms with Gasteiger partial charge in [0, 0.05) is 6.42 Å². The van der Waals surface area contributed by atoms with Crippen molar-refractivity contribution in [2.45, 2.75) is 31.1 Å². The van der Waals surface area contributed by atoms with Gasteiger partial charge in [-0.1, -0.05) is 0 Å². The fraction of sp³-hybridized carbons (Fsp3) is 0.700. The minimum absolute atomic E-state index is 0.0742. The number of carboxylic acids is 1. The zero-order valence-corrected chi connectivity index (χ0v) is 10.2. The van der Waals surface area contributed by atoms with Crippen molar-refractivity contribution in [3.05, 3.63) is 0 Å². The van der Waals surface area contributed by atoms with Gasteiger partial charge in [0.15, 0.2) is 0 Å². The Balaban J connectivity index is 2.52. The van der Waals surface area contributed by atoms with Gasteiger partial charge in [-0.05, 0) is 6.42 Å². The van der Waals surface area contributed by atoms with E-state index in [1.165, 1.54) is 0 Å². The maximum Gasteiger partial charge on any atom is 0.326 e. The maximum absolute atomic E-state index is 11.7. The number of likely N-dealkylation sites (tertiary alicyclic amines) is 1. The smallest absolute Gasteiger partial charge is 0.326 e. The topological polar surface area (TPSA) is 153 Å². The summed E-state index contributed by atoms with van der Waals surface area (Å²) in [5.74, 6) is -1.94. The fourth-order valence-corrected chi connectivity index (χ4v) is 1.72. The van der Waals surface area contributed by atoms with Gasteiger partial charge in [0.1, 0.15) is 6.04 Å². The third kappa shape index (κ3) is 4.38. The van der Waals surface area contributed by atoms with E-state index in [0.29, 0.717) is 0 Å². The van der Waals surface area contributed by atoms with E-state index in [4.69, 9.17) is 10.8 Å². The molecule has 0 saturated carbocycles. The summed E-state index contributed by atoms with van der Waals surface area (Å²) in [6.45, 7) is -0.148. The van der Waals surface area contributed by atoms with E-state index in [1.54, 1.807) is 0 Å². The summed E-state index contributed by atoms with van der Waals surface area (Å²) in [5, 5.41) is 29.7. The van der Waals surface area contributed by atoms with Gasteiger partial charge in [-0.15, -0.1) is 0 Å². The molecule has 0 aliphatic carbocycles. The lowest BCUT2D eigenvalue weighted by atomic mass is 10.1. The Bertz CT molecular complexity index is 364. The molecule has 9 heteroatoms. The molecular weight excluding hydrogens is 258 g/mol. The summed E-state index contributed by atoms with van der Waals surface area (Å²) in [6.07, 6.45) is -2.36. The number of nitrogens with two attached hydrogens (primary N) is 1. The van der Waals surface area contributed by atoms with Crippen LogP contribution in [-0.4, -0.2) is 69.5 Å². The lowest BCUT2D eigenvalue weighted by Crippen LogP contribution is -2.47. The number of nitrogens with one attached hydrogen (secondary N) is 1. The van der Waals surface area contributed by atoms with Crippen molar-refractivity contribution in [3.8, 4) is 0 Å². The Morgan fingerprint density at radius 1 is 1.26 bits per heavy atom. The number of hydrogen-bond acceptors (Lipinski definition) is 5. The van der Waals surface area contributed by atoms with Gasteiger partial charge in [0.25, 0.3) is 0 Å². The highest BCUT2D eigenvalue weighted by Gasteiger charge is 2.34. The third-order valence-electron chi connectivity index (χ3n) is 2.82. The monoisotopic (exact) mass is 275 g/mol. The van der Waals surface area contributed by atoms with E-state index in [9.17, 15) is 24.6 Å². The van der Waals surface area contributed by atoms with Gasteiger partial charge < -0.3 is 31.3 Å². The van der Waals surface area contributed by atoms with E-state index in [0.717, 1.165) is 4.90 Å². The number of primary amides is 1. The molecule has 1 aliphatic rings. The molecule has 6 N–H and O–H groups in total. The summed E-state index contributed by atoms with van der Waals surface area (Å²) < 4.78 is 0. The lowest BCUT2D eigenvalue weighted by Gasteiger charge is -2.20. The van der Waals surface area contributed by atoms with Crippen molar-refractivity contribution in [2.24, 2.45) is 5.73 Å². The van der Waals surface area contributed by atoms with Crippen molar-refractivity contribution in [1.29, 1.82) is 0 Å². The molecule has 1 aliphatic heterocycles. The Hall–Kier alpha value is -1.87. The first-order valence-electron chi connectivity index (χ1n) is 5.74. The number of urea groups is 1. The lowest BCUT2D eigenvalue weighted by molar-refractivity contribution is -0.139. The number of carboxylic acid groups (broad SMARTS) is 1. The minimum atomic E-state index is -1.28. The van der Waals surface area contributed by atoms with Crippen LogP contribution in [0, 0.1) is 0 Å². The zero-order valence-electron chi connectivity index (χ0n) is 10.2. The molecule has 3 atom stereocenters. The van der Waals surface area contributed by atoms with E-state index in [2.05, 4.69) is 5.32 Å². The number of hydrogen-bond donors (Lipinski definition) is 5. The first-order chi connectivity index (χ1) is 8.81. The SMILES string of the molecule is NC(=O)CC[C@@H](NC(=O)N1CC(O)C(O)C1)C(=O)O. The summed E-state index contributed by atoms with van der Waals surface area (Å²) in [6, 6.07) is -1.96. The van der Waals surface area contributed by atoms with Gasteiger partial charge in [-0.25, -0.2) is 9.59 Å². The number of rotatable bonds is 5. The molecule has 0 aromatic heterocycles. The van der Waals surface area contributed by atoms with Gasteiger partial charge in [0.05, 0.1) is 25.3 Å². The average Bonchev–Trinajstić information content (AvgIpc) is 2.64. The number of carbonyl (C=O) groups is 3. The highest BCUT2D eigenvalue weighted by atomic mass is 16.4.